The van der Waals surface area contributed by atoms with Crippen molar-refractivity contribution in [3.63, 3.8) is 0 Å². The van der Waals surface area contributed by atoms with Crippen LogP contribution < -0.4 is 5.43 Å². The van der Waals surface area contributed by atoms with Crippen LogP contribution in [0.1, 0.15) is 66.7 Å². The van der Waals surface area contributed by atoms with Crippen molar-refractivity contribution in [1.29, 1.82) is 0 Å². The third kappa shape index (κ3) is 2.69. The lowest BCUT2D eigenvalue weighted by atomic mass is 9.96. The average molecular weight is 260 g/mol. The van der Waals surface area contributed by atoms with Gasteiger partial charge in [-0.05, 0) is 51.4 Å². The second kappa shape index (κ2) is 5.55. The molecular formula is C14H20N4O. The first-order valence-corrected chi connectivity index (χ1v) is 7.26. The quantitative estimate of drug-likeness (QED) is 0.801. The fourth-order valence-corrected chi connectivity index (χ4v) is 2.92. The first kappa shape index (κ1) is 12.4. The molecule has 1 heterocycles. The van der Waals surface area contributed by atoms with Gasteiger partial charge in [0.15, 0.2) is 5.69 Å². The number of aromatic amines is 1. The van der Waals surface area contributed by atoms with Gasteiger partial charge in [-0.1, -0.05) is 6.42 Å². The molecule has 1 saturated carbocycles. The van der Waals surface area contributed by atoms with Crippen LogP contribution in [0.5, 0.6) is 0 Å². The fourth-order valence-electron chi connectivity index (χ4n) is 2.92. The highest BCUT2D eigenvalue weighted by Gasteiger charge is 2.21. The van der Waals surface area contributed by atoms with E-state index in [1.54, 1.807) is 0 Å². The van der Waals surface area contributed by atoms with Gasteiger partial charge >= 0.3 is 0 Å². The Bertz CT molecular complexity index is 496. The van der Waals surface area contributed by atoms with E-state index in [9.17, 15) is 4.79 Å². The average Bonchev–Trinajstić information content (AvgIpc) is 2.90. The summed E-state index contributed by atoms with van der Waals surface area (Å²) in [5.41, 5.74) is 6.54. The molecule has 19 heavy (non-hydrogen) atoms. The van der Waals surface area contributed by atoms with Gasteiger partial charge in [-0.15, -0.1) is 0 Å². The summed E-state index contributed by atoms with van der Waals surface area (Å²) in [5.74, 6) is -0.169. The SMILES string of the molecule is O=C(NN=C1CCCCC1)c1n[nH]c2c1CCCC2. The van der Waals surface area contributed by atoms with Gasteiger partial charge < -0.3 is 0 Å². The van der Waals surface area contributed by atoms with E-state index < -0.39 is 0 Å². The summed E-state index contributed by atoms with van der Waals surface area (Å²) in [5, 5.41) is 11.4. The third-order valence-electron chi connectivity index (χ3n) is 4.02. The molecule has 0 bridgehead atoms. The molecule has 1 amide bonds. The maximum Gasteiger partial charge on any atom is 0.292 e. The Labute approximate surface area is 112 Å². The smallest absolute Gasteiger partial charge is 0.281 e. The van der Waals surface area contributed by atoms with Crippen molar-refractivity contribution in [2.24, 2.45) is 5.10 Å². The highest BCUT2D eigenvalue weighted by molar-refractivity contribution is 5.95. The van der Waals surface area contributed by atoms with Crippen LogP contribution in [0, 0.1) is 0 Å². The number of amides is 1. The van der Waals surface area contributed by atoms with Crippen LogP contribution in [0.25, 0.3) is 0 Å². The summed E-state index contributed by atoms with van der Waals surface area (Å²) in [6, 6.07) is 0. The minimum absolute atomic E-state index is 0.169. The van der Waals surface area contributed by atoms with Gasteiger partial charge in [0.1, 0.15) is 0 Å². The maximum atomic E-state index is 12.1. The first-order valence-electron chi connectivity index (χ1n) is 7.26. The summed E-state index contributed by atoms with van der Waals surface area (Å²) in [6.07, 6.45) is 9.95. The molecule has 1 aromatic rings. The molecular weight excluding hydrogens is 240 g/mol. The number of fused-ring (bicyclic) bond motifs is 1. The highest BCUT2D eigenvalue weighted by atomic mass is 16.2. The van der Waals surface area contributed by atoms with Gasteiger partial charge in [-0.25, -0.2) is 5.43 Å². The van der Waals surface area contributed by atoms with Gasteiger partial charge in [0.25, 0.3) is 5.91 Å². The summed E-state index contributed by atoms with van der Waals surface area (Å²) in [7, 11) is 0. The Morgan fingerprint density at radius 2 is 1.79 bits per heavy atom. The lowest BCUT2D eigenvalue weighted by Crippen LogP contribution is -2.22. The Kier molecular flexibility index (Phi) is 3.62. The van der Waals surface area contributed by atoms with Crippen LogP contribution in [-0.2, 0) is 12.8 Å². The van der Waals surface area contributed by atoms with Crippen LogP contribution in [0.3, 0.4) is 0 Å². The lowest BCUT2D eigenvalue weighted by Gasteiger charge is -2.12. The maximum absolute atomic E-state index is 12.1. The van der Waals surface area contributed by atoms with Crippen LogP contribution in [0.4, 0.5) is 0 Å². The summed E-state index contributed by atoms with van der Waals surface area (Å²) in [6.45, 7) is 0. The predicted octanol–water partition coefficient (Wildman–Crippen LogP) is 2.34. The molecule has 0 unspecified atom stereocenters. The Hall–Kier alpha value is -1.65. The monoisotopic (exact) mass is 260 g/mol. The van der Waals surface area contributed by atoms with Crippen molar-refractivity contribution in [2.75, 3.05) is 0 Å². The fraction of sp³-hybridized carbons (Fsp3) is 0.643. The van der Waals surface area contributed by atoms with E-state index >= 15 is 0 Å². The van der Waals surface area contributed by atoms with E-state index in [-0.39, 0.29) is 5.91 Å². The number of aromatic nitrogens is 2. The number of rotatable bonds is 2. The first-order chi connectivity index (χ1) is 9.34. The Balaban J connectivity index is 1.68. The zero-order valence-corrected chi connectivity index (χ0v) is 11.2. The van der Waals surface area contributed by atoms with Gasteiger partial charge in [-0.3, -0.25) is 9.89 Å². The number of carbonyl (C=O) groups is 1. The second-order valence-corrected chi connectivity index (χ2v) is 5.42. The minimum atomic E-state index is -0.169. The molecule has 2 N–H and O–H groups in total. The predicted molar refractivity (Wildman–Crippen MR) is 73.2 cm³/mol. The van der Waals surface area contributed by atoms with Crippen LogP contribution in [0.15, 0.2) is 5.10 Å². The number of nitrogens with zero attached hydrogens (tertiary/aromatic N) is 2. The molecule has 1 fully saturated rings. The van der Waals surface area contributed by atoms with Crippen LogP contribution in [-0.4, -0.2) is 21.8 Å². The van der Waals surface area contributed by atoms with E-state index in [1.807, 2.05) is 0 Å². The van der Waals surface area contributed by atoms with Gasteiger partial charge in [0.2, 0.25) is 0 Å². The largest absolute Gasteiger partial charge is 0.292 e. The van der Waals surface area contributed by atoms with Crippen molar-refractivity contribution in [3.05, 3.63) is 17.0 Å². The van der Waals surface area contributed by atoms with Crippen LogP contribution in [0.2, 0.25) is 0 Å². The second-order valence-electron chi connectivity index (χ2n) is 5.42. The van der Waals surface area contributed by atoms with Gasteiger partial charge in [0, 0.05) is 17.0 Å². The molecule has 0 atom stereocenters. The Morgan fingerprint density at radius 1 is 1.05 bits per heavy atom. The Morgan fingerprint density at radius 3 is 2.63 bits per heavy atom. The van der Waals surface area contributed by atoms with Crippen molar-refractivity contribution in [1.82, 2.24) is 15.6 Å². The highest BCUT2D eigenvalue weighted by Crippen LogP contribution is 2.22. The molecule has 0 saturated heterocycles. The topological polar surface area (TPSA) is 70.1 Å². The number of hydrogen-bond donors (Lipinski definition) is 2. The number of hydrazone groups is 1. The molecule has 3 rings (SSSR count). The summed E-state index contributed by atoms with van der Waals surface area (Å²) in [4.78, 5) is 12.1. The van der Waals surface area contributed by atoms with Crippen molar-refractivity contribution < 1.29 is 4.79 Å². The lowest BCUT2D eigenvalue weighted by molar-refractivity contribution is 0.0948. The van der Waals surface area contributed by atoms with E-state index in [0.29, 0.717) is 5.69 Å². The van der Waals surface area contributed by atoms with Crippen molar-refractivity contribution >= 4 is 11.6 Å². The van der Waals surface area contributed by atoms with Gasteiger partial charge in [-0.2, -0.15) is 10.2 Å². The normalized spacial score (nSPS) is 18.8. The number of nitrogens with one attached hydrogen (secondary N) is 2. The van der Waals surface area contributed by atoms with E-state index in [0.717, 1.165) is 49.1 Å². The van der Waals surface area contributed by atoms with Gasteiger partial charge in [0.05, 0.1) is 0 Å². The molecule has 0 aliphatic heterocycles. The zero-order chi connectivity index (χ0) is 13.1. The molecule has 2 aliphatic rings. The van der Waals surface area contributed by atoms with Crippen molar-refractivity contribution in [2.45, 2.75) is 57.8 Å². The van der Waals surface area contributed by atoms with Crippen molar-refractivity contribution in [3.8, 4) is 0 Å². The third-order valence-corrected chi connectivity index (χ3v) is 4.02. The molecule has 5 heteroatoms. The zero-order valence-electron chi connectivity index (χ0n) is 11.2. The summed E-state index contributed by atoms with van der Waals surface area (Å²) >= 11 is 0. The number of H-pyrrole nitrogens is 1. The molecule has 0 radical (unpaired) electrons. The molecule has 2 aliphatic carbocycles. The van der Waals surface area contributed by atoms with E-state index in [4.69, 9.17) is 0 Å². The molecule has 102 valence electrons. The molecule has 1 aromatic heterocycles. The molecule has 0 spiro atoms. The van der Waals surface area contributed by atoms with E-state index in [2.05, 4.69) is 20.7 Å². The van der Waals surface area contributed by atoms with E-state index in [1.165, 1.54) is 25.7 Å². The number of aryl methyl sites for hydroxylation is 1. The number of hydrogen-bond acceptors (Lipinski definition) is 3. The van der Waals surface area contributed by atoms with Crippen LogP contribution >= 0.6 is 0 Å². The number of carbonyl (C=O) groups excluding carboxylic acids is 1. The molecule has 0 aromatic carbocycles. The minimum Gasteiger partial charge on any atom is -0.281 e. The molecule has 5 nitrogen and oxygen atoms in total. The standard InChI is InChI=1S/C14H20N4O/c19-14(18-15-10-6-2-1-3-7-10)13-11-8-4-5-9-12(11)16-17-13/h1-9H2,(H,16,17)(H,18,19). The summed E-state index contributed by atoms with van der Waals surface area (Å²) < 4.78 is 0.